The van der Waals surface area contributed by atoms with E-state index in [1.54, 1.807) is 31.3 Å². The lowest BCUT2D eigenvalue weighted by atomic mass is 9.85. The zero-order chi connectivity index (χ0) is 24.2. The van der Waals surface area contributed by atoms with Crippen molar-refractivity contribution in [3.05, 3.63) is 111 Å². The molecule has 2 aromatic heterocycles. The number of halogens is 3. The molecule has 2 heterocycles. The van der Waals surface area contributed by atoms with Gasteiger partial charge in [-0.1, -0.05) is 42.5 Å². The molecule has 0 fully saturated rings. The molecule has 5 rings (SSSR count). The zero-order valence-corrected chi connectivity index (χ0v) is 18.4. The number of nitrogens with zero attached hydrogens (tertiary/aromatic N) is 1. The molecular formula is C27H21F3N2O2. The average molecular weight is 462 g/mol. The number of pyridine rings is 1. The summed E-state index contributed by atoms with van der Waals surface area (Å²) in [6, 6.07) is 19.3. The van der Waals surface area contributed by atoms with Crippen LogP contribution in [0.15, 0.2) is 77.6 Å². The number of aryl methyl sites for hydroxylation is 2. The van der Waals surface area contributed by atoms with E-state index >= 15 is 0 Å². The van der Waals surface area contributed by atoms with Gasteiger partial charge in [-0.15, -0.1) is 0 Å². The lowest BCUT2D eigenvalue weighted by molar-refractivity contribution is -0.137. The number of fused-ring (bicyclic) bond motifs is 2. The van der Waals surface area contributed by atoms with E-state index in [2.05, 4.69) is 4.98 Å². The summed E-state index contributed by atoms with van der Waals surface area (Å²) in [5, 5.41) is 12.7. The Morgan fingerprint density at radius 2 is 1.53 bits per heavy atom. The molecule has 2 N–H and O–H groups in total. The molecule has 1 atom stereocenters. The van der Waals surface area contributed by atoms with Crippen LogP contribution in [0.3, 0.4) is 0 Å². The first-order valence-corrected chi connectivity index (χ1v) is 10.7. The molecule has 0 bridgehead atoms. The Kier molecular flexibility index (Phi) is 5.01. The van der Waals surface area contributed by atoms with Crippen molar-refractivity contribution in [2.45, 2.75) is 19.0 Å². The van der Waals surface area contributed by atoms with Crippen molar-refractivity contribution in [3.8, 4) is 5.75 Å². The third-order valence-electron chi connectivity index (χ3n) is 6.46. The molecule has 0 aliphatic carbocycles. The molecule has 0 spiro atoms. The van der Waals surface area contributed by atoms with Crippen LogP contribution in [-0.4, -0.2) is 14.7 Å². The number of nitrogens with one attached hydrogen (secondary N) is 1. The standard InChI is InChI=1S/C27H21F3N2O2/c1-15-18-7-3-5-9-20(18)31-24(15)22(16-11-13-17(14-12-16)27(28,29)30)23-25(33)19-8-4-6-10-21(19)32(2)26(23)34/h3-14,22,31,33H,1-2H3. The van der Waals surface area contributed by atoms with E-state index in [0.29, 0.717) is 22.2 Å². The zero-order valence-electron chi connectivity index (χ0n) is 18.4. The number of benzene rings is 3. The highest BCUT2D eigenvalue weighted by atomic mass is 19.4. The SMILES string of the molecule is Cc1c(C(c2ccc(C(F)(F)F)cc2)c2c(O)c3ccccc3n(C)c2=O)[nH]c2ccccc12. The number of para-hydroxylation sites is 2. The molecule has 0 radical (unpaired) electrons. The van der Waals surface area contributed by atoms with Gasteiger partial charge in [0.2, 0.25) is 0 Å². The highest BCUT2D eigenvalue weighted by molar-refractivity contribution is 5.88. The van der Waals surface area contributed by atoms with Crippen LogP contribution in [0.2, 0.25) is 0 Å². The fraction of sp³-hybridized carbons (Fsp3) is 0.148. The molecule has 7 heteroatoms. The second-order valence-corrected chi connectivity index (χ2v) is 8.41. The molecule has 5 aromatic rings. The number of H-pyrrole nitrogens is 1. The Labute approximate surface area is 192 Å². The predicted octanol–water partition coefficient (Wildman–Crippen LogP) is 6.23. The largest absolute Gasteiger partial charge is 0.507 e. The molecule has 1 unspecified atom stereocenters. The average Bonchev–Trinajstić information content (AvgIpc) is 3.16. The van der Waals surface area contributed by atoms with E-state index < -0.39 is 23.2 Å². The summed E-state index contributed by atoms with van der Waals surface area (Å²) in [4.78, 5) is 16.9. The van der Waals surface area contributed by atoms with Crippen LogP contribution in [0, 0.1) is 6.92 Å². The minimum Gasteiger partial charge on any atom is -0.507 e. The maximum atomic E-state index is 13.6. The van der Waals surface area contributed by atoms with Crippen LogP contribution in [0.1, 0.15) is 33.9 Å². The summed E-state index contributed by atoms with van der Waals surface area (Å²) < 4.78 is 41.1. The number of aromatic hydroxyl groups is 1. The van der Waals surface area contributed by atoms with E-state index in [1.165, 1.54) is 16.7 Å². The Hall–Kier alpha value is -4.00. The van der Waals surface area contributed by atoms with Gasteiger partial charge < -0.3 is 14.7 Å². The van der Waals surface area contributed by atoms with E-state index in [4.69, 9.17) is 0 Å². The normalized spacial score (nSPS) is 13.0. The third kappa shape index (κ3) is 3.36. The lowest BCUT2D eigenvalue weighted by Crippen LogP contribution is -2.25. The van der Waals surface area contributed by atoms with Gasteiger partial charge in [0.1, 0.15) is 5.75 Å². The van der Waals surface area contributed by atoms with Gasteiger partial charge in [0, 0.05) is 29.0 Å². The topological polar surface area (TPSA) is 58.0 Å². The van der Waals surface area contributed by atoms with E-state index in [9.17, 15) is 23.1 Å². The second-order valence-electron chi connectivity index (χ2n) is 8.41. The first-order chi connectivity index (χ1) is 16.2. The minimum absolute atomic E-state index is 0.107. The van der Waals surface area contributed by atoms with Crippen molar-refractivity contribution < 1.29 is 18.3 Å². The van der Waals surface area contributed by atoms with Gasteiger partial charge in [0.05, 0.1) is 22.6 Å². The van der Waals surface area contributed by atoms with E-state index in [1.807, 2.05) is 31.2 Å². The van der Waals surface area contributed by atoms with Crippen molar-refractivity contribution in [2.24, 2.45) is 7.05 Å². The second kappa shape index (κ2) is 7.80. The van der Waals surface area contributed by atoms with Gasteiger partial charge in [0.25, 0.3) is 5.56 Å². The van der Waals surface area contributed by atoms with Gasteiger partial charge in [-0.05, 0) is 48.4 Å². The highest BCUT2D eigenvalue weighted by Gasteiger charge is 2.32. The summed E-state index contributed by atoms with van der Waals surface area (Å²) >= 11 is 0. The van der Waals surface area contributed by atoms with Gasteiger partial charge in [0.15, 0.2) is 0 Å². The van der Waals surface area contributed by atoms with Crippen LogP contribution in [0.5, 0.6) is 5.75 Å². The monoisotopic (exact) mass is 462 g/mol. The Bertz CT molecular complexity index is 1600. The number of aromatic amines is 1. The Balaban J connectivity index is 1.84. The summed E-state index contributed by atoms with van der Waals surface area (Å²) in [6.45, 7) is 1.90. The highest BCUT2D eigenvalue weighted by Crippen LogP contribution is 2.41. The van der Waals surface area contributed by atoms with Crippen molar-refractivity contribution in [1.82, 2.24) is 9.55 Å². The summed E-state index contributed by atoms with van der Waals surface area (Å²) in [5.74, 6) is -0.986. The third-order valence-corrected chi connectivity index (χ3v) is 6.46. The van der Waals surface area contributed by atoms with Crippen LogP contribution in [0.4, 0.5) is 13.2 Å². The molecule has 0 aliphatic rings. The maximum absolute atomic E-state index is 13.6. The summed E-state index contributed by atoms with van der Waals surface area (Å²) in [7, 11) is 1.62. The number of rotatable bonds is 3. The molecule has 172 valence electrons. The van der Waals surface area contributed by atoms with Crippen molar-refractivity contribution in [2.75, 3.05) is 0 Å². The van der Waals surface area contributed by atoms with Gasteiger partial charge >= 0.3 is 6.18 Å². The van der Waals surface area contributed by atoms with Crippen LogP contribution >= 0.6 is 0 Å². The molecular weight excluding hydrogens is 441 g/mol. The maximum Gasteiger partial charge on any atom is 0.416 e. The molecule has 3 aromatic carbocycles. The van der Waals surface area contributed by atoms with Crippen molar-refractivity contribution in [1.29, 1.82) is 0 Å². The van der Waals surface area contributed by atoms with Gasteiger partial charge in [-0.3, -0.25) is 4.79 Å². The summed E-state index contributed by atoms with van der Waals surface area (Å²) in [6.07, 6.45) is -4.48. The van der Waals surface area contributed by atoms with Gasteiger partial charge in [-0.25, -0.2) is 0 Å². The number of alkyl halides is 3. The van der Waals surface area contributed by atoms with Crippen LogP contribution in [-0.2, 0) is 13.2 Å². The Morgan fingerprint density at radius 3 is 2.18 bits per heavy atom. The predicted molar refractivity (Wildman–Crippen MR) is 126 cm³/mol. The first-order valence-electron chi connectivity index (χ1n) is 10.7. The molecule has 0 saturated heterocycles. The van der Waals surface area contributed by atoms with E-state index in [0.717, 1.165) is 28.6 Å². The minimum atomic E-state index is -4.48. The van der Waals surface area contributed by atoms with Crippen LogP contribution < -0.4 is 5.56 Å². The molecule has 0 saturated carbocycles. The fourth-order valence-electron chi connectivity index (χ4n) is 4.70. The Morgan fingerprint density at radius 1 is 0.912 bits per heavy atom. The van der Waals surface area contributed by atoms with Crippen LogP contribution in [0.25, 0.3) is 21.8 Å². The molecule has 34 heavy (non-hydrogen) atoms. The van der Waals surface area contributed by atoms with Crippen molar-refractivity contribution >= 4 is 21.8 Å². The number of hydrogen-bond donors (Lipinski definition) is 2. The molecule has 4 nitrogen and oxygen atoms in total. The molecule has 0 aliphatic heterocycles. The van der Waals surface area contributed by atoms with Gasteiger partial charge in [-0.2, -0.15) is 13.2 Å². The quantitative estimate of drug-likeness (QED) is 0.334. The first kappa shape index (κ1) is 21.8. The molecule has 0 amide bonds. The van der Waals surface area contributed by atoms with E-state index in [-0.39, 0.29) is 11.3 Å². The summed E-state index contributed by atoms with van der Waals surface area (Å²) in [5.41, 5.74) is 2.27. The lowest BCUT2D eigenvalue weighted by Gasteiger charge is -2.21. The number of aromatic nitrogens is 2. The van der Waals surface area contributed by atoms with Crippen molar-refractivity contribution in [3.63, 3.8) is 0 Å². The smallest absolute Gasteiger partial charge is 0.416 e. The number of hydrogen-bond acceptors (Lipinski definition) is 2. The fourth-order valence-corrected chi connectivity index (χ4v) is 4.70.